The lowest BCUT2D eigenvalue weighted by molar-refractivity contribution is -0.124. The van der Waals surface area contributed by atoms with Gasteiger partial charge >= 0.3 is 0 Å². The third-order valence-electron chi connectivity index (χ3n) is 5.71. The van der Waals surface area contributed by atoms with Gasteiger partial charge in [-0.3, -0.25) is 4.79 Å². The number of aliphatic hydroxyl groups excluding tert-OH is 1. The number of hydrogen-bond acceptors (Lipinski definition) is 4. The van der Waals surface area contributed by atoms with Gasteiger partial charge in [-0.2, -0.15) is 4.72 Å². The van der Waals surface area contributed by atoms with Crippen molar-refractivity contribution in [2.75, 3.05) is 6.61 Å². The van der Waals surface area contributed by atoms with Gasteiger partial charge < -0.3 is 10.4 Å². The fourth-order valence-electron chi connectivity index (χ4n) is 3.68. The minimum Gasteiger partial charge on any atom is -0.394 e. The fraction of sp³-hybridized carbons (Fsp3) is 0.320. The molecule has 0 aliphatic rings. The summed E-state index contributed by atoms with van der Waals surface area (Å²) in [7, 11) is -3.96. The largest absolute Gasteiger partial charge is 0.394 e. The zero-order valence-corrected chi connectivity index (χ0v) is 19.2. The predicted octanol–water partition coefficient (Wildman–Crippen LogP) is 3.25. The van der Waals surface area contributed by atoms with Crippen molar-refractivity contribution in [3.8, 4) is 0 Å². The van der Waals surface area contributed by atoms with Gasteiger partial charge in [0, 0.05) is 5.39 Å². The number of fused-ring (bicyclic) bond motifs is 1. The summed E-state index contributed by atoms with van der Waals surface area (Å²) in [5, 5.41) is 14.0. The summed E-state index contributed by atoms with van der Waals surface area (Å²) < 4.78 is 29.2. The second-order valence-corrected chi connectivity index (χ2v) is 9.72. The van der Waals surface area contributed by atoms with E-state index in [1.165, 1.54) is 0 Å². The minimum atomic E-state index is -3.96. The van der Waals surface area contributed by atoms with Gasteiger partial charge in [-0.1, -0.05) is 87.0 Å². The van der Waals surface area contributed by atoms with E-state index in [0.29, 0.717) is 18.2 Å². The number of benzene rings is 3. The summed E-state index contributed by atoms with van der Waals surface area (Å²) in [4.78, 5) is 13.3. The van der Waals surface area contributed by atoms with Crippen LogP contribution in [0.5, 0.6) is 0 Å². The summed E-state index contributed by atoms with van der Waals surface area (Å²) in [5.41, 5.74) is 0.975. The minimum absolute atomic E-state index is 0.139. The summed E-state index contributed by atoms with van der Waals surface area (Å²) in [6.45, 7) is 3.50. The SMILES string of the molecule is CCC(C)[C@H](NS(=O)(=O)c1cccc2ccccc12)C(=O)N[C@H](CO)Cc1ccccc1. The third-order valence-corrected chi connectivity index (χ3v) is 7.21. The van der Waals surface area contributed by atoms with E-state index >= 15 is 0 Å². The highest BCUT2D eigenvalue weighted by Gasteiger charge is 2.31. The Hall–Kier alpha value is -2.74. The van der Waals surface area contributed by atoms with E-state index in [-0.39, 0.29) is 17.4 Å². The second kappa shape index (κ2) is 10.7. The van der Waals surface area contributed by atoms with Crippen molar-refractivity contribution in [3.05, 3.63) is 78.4 Å². The molecule has 3 aromatic carbocycles. The Balaban J connectivity index is 1.83. The fourth-order valence-corrected chi connectivity index (χ4v) is 5.21. The molecule has 0 bridgehead atoms. The van der Waals surface area contributed by atoms with Gasteiger partial charge in [-0.25, -0.2) is 8.42 Å². The van der Waals surface area contributed by atoms with Crippen molar-refractivity contribution >= 4 is 26.7 Å². The van der Waals surface area contributed by atoms with Crippen LogP contribution in [0.15, 0.2) is 77.7 Å². The van der Waals surface area contributed by atoms with Crippen LogP contribution >= 0.6 is 0 Å². The van der Waals surface area contributed by atoms with Crippen LogP contribution in [-0.4, -0.2) is 38.1 Å². The Bertz CT molecular complexity index is 1140. The molecule has 3 aromatic rings. The molecule has 0 heterocycles. The van der Waals surface area contributed by atoms with Crippen molar-refractivity contribution in [2.45, 2.75) is 43.7 Å². The number of hydrogen-bond donors (Lipinski definition) is 3. The molecule has 1 amide bonds. The van der Waals surface area contributed by atoms with E-state index in [1.807, 2.05) is 62.4 Å². The Morgan fingerprint density at radius 2 is 1.62 bits per heavy atom. The number of rotatable bonds is 10. The lowest BCUT2D eigenvalue weighted by Crippen LogP contribution is -2.53. The van der Waals surface area contributed by atoms with Crippen LogP contribution in [0.2, 0.25) is 0 Å². The maximum Gasteiger partial charge on any atom is 0.241 e. The zero-order valence-electron chi connectivity index (χ0n) is 18.4. The molecule has 0 radical (unpaired) electrons. The van der Waals surface area contributed by atoms with Crippen molar-refractivity contribution in [2.24, 2.45) is 5.92 Å². The zero-order chi connectivity index (χ0) is 23.1. The Labute approximate surface area is 189 Å². The predicted molar refractivity (Wildman–Crippen MR) is 127 cm³/mol. The summed E-state index contributed by atoms with van der Waals surface area (Å²) in [6.07, 6.45) is 1.06. The van der Waals surface area contributed by atoms with Crippen molar-refractivity contribution in [1.29, 1.82) is 0 Å². The molecule has 32 heavy (non-hydrogen) atoms. The standard InChI is InChI=1S/C25H30N2O4S/c1-3-18(2)24(25(29)26-21(17-28)16-19-10-5-4-6-11-19)27-32(30,31)23-15-9-13-20-12-7-8-14-22(20)23/h4-15,18,21,24,27-28H,3,16-17H2,1-2H3,(H,26,29)/t18?,21-,24-/m0/s1. The Morgan fingerprint density at radius 1 is 0.969 bits per heavy atom. The molecule has 7 heteroatoms. The molecule has 3 rings (SSSR count). The van der Waals surface area contributed by atoms with Crippen LogP contribution in [0, 0.1) is 5.92 Å². The Kier molecular flexibility index (Phi) is 8.01. The molecule has 0 saturated carbocycles. The number of carbonyl (C=O) groups excluding carboxylic acids is 1. The molecular weight excluding hydrogens is 424 g/mol. The van der Waals surface area contributed by atoms with E-state index in [4.69, 9.17) is 0 Å². The second-order valence-electron chi connectivity index (χ2n) is 8.04. The lowest BCUT2D eigenvalue weighted by atomic mass is 9.98. The monoisotopic (exact) mass is 454 g/mol. The van der Waals surface area contributed by atoms with Crippen molar-refractivity contribution in [1.82, 2.24) is 10.0 Å². The highest BCUT2D eigenvalue weighted by Crippen LogP contribution is 2.23. The first-order chi connectivity index (χ1) is 15.4. The summed E-state index contributed by atoms with van der Waals surface area (Å²) in [6, 6.07) is 20.4. The van der Waals surface area contributed by atoms with Gasteiger partial charge in [-0.15, -0.1) is 0 Å². The number of carbonyl (C=O) groups is 1. The van der Waals surface area contributed by atoms with E-state index in [9.17, 15) is 18.3 Å². The maximum atomic E-state index is 13.3. The first-order valence-electron chi connectivity index (χ1n) is 10.8. The van der Waals surface area contributed by atoms with Crippen LogP contribution < -0.4 is 10.0 Å². The van der Waals surface area contributed by atoms with Crippen LogP contribution in [0.1, 0.15) is 25.8 Å². The molecule has 6 nitrogen and oxygen atoms in total. The highest BCUT2D eigenvalue weighted by molar-refractivity contribution is 7.89. The first-order valence-corrected chi connectivity index (χ1v) is 12.3. The third kappa shape index (κ3) is 5.73. The molecule has 170 valence electrons. The molecule has 0 aliphatic heterocycles. The van der Waals surface area contributed by atoms with Crippen LogP contribution in [0.3, 0.4) is 0 Å². The molecule has 0 spiro atoms. The number of amides is 1. The van der Waals surface area contributed by atoms with Crippen LogP contribution in [0.4, 0.5) is 0 Å². The average molecular weight is 455 g/mol. The smallest absolute Gasteiger partial charge is 0.241 e. The quantitative estimate of drug-likeness (QED) is 0.438. The average Bonchev–Trinajstić information content (AvgIpc) is 2.81. The van der Waals surface area contributed by atoms with E-state index in [1.54, 1.807) is 24.3 Å². The van der Waals surface area contributed by atoms with Gasteiger partial charge in [0.1, 0.15) is 6.04 Å². The molecule has 3 N–H and O–H groups in total. The number of sulfonamides is 1. The van der Waals surface area contributed by atoms with Crippen molar-refractivity contribution < 1.29 is 18.3 Å². The van der Waals surface area contributed by atoms with Gasteiger partial charge in [0.15, 0.2) is 0 Å². The number of nitrogens with one attached hydrogen (secondary N) is 2. The van der Waals surface area contributed by atoms with Gasteiger partial charge in [-0.05, 0) is 29.4 Å². The van der Waals surface area contributed by atoms with E-state index in [0.717, 1.165) is 10.9 Å². The van der Waals surface area contributed by atoms with Crippen molar-refractivity contribution in [3.63, 3.8) is 0 Å². The maximum absolute atomic E-state index is 13.3. The molecule has 1 unspecified atom stereocenters. The summed E-state index contributed by atoms with van der Waals surface area (Å²) >= 11 is 0. The van der Waals surface area contributed by atoms with Gasteiger partial charge in [0.25, 0.3) is 0 Å². The normalized spacial score (nSPS) is 14.6. The van der Waals surface area contributed by atoms with Gasteiger partial charge in [0.05, 0.1) is 17.5 Å². The molecular formula is C25H30N2O4S. The molecule has 0 saturated heterocycles. The molecule has 0 aromatic heterocycles. The highest BCUT2D eigenvalue weighted by atomic mass is 32.2. The first kappa shape index (κ1) is 23.9. The molecule has 0 fully saturated rings. The molecule has 0 aliphatic carbocycles. The van der Waals surface area contributed by atoms with Crippen LogP contribution in [-0.2, 0) is 21.2 Å². The topological polar surface area (TPSA) is 95.5 Å². The summed E-state index contributed by atoms with van der Waals surface area (Å²) in [5.74, 6) is -0.686. The van der Waals surface area contributed by atoms with Crippen LogP contribution in [0.25, 0.3) is 10.8 Å². The van der Waals surface area contributed by atoms with E-state index in [2.05, 4.69) is 10.0 Å². The van der Waals surface area contributed by atoms with Gasteiger partial charge in [0.2, 0.25) is 15.9 Å². The molecule has 3 atom stereocenters. The lowest BCUT2D eigenvalue weighted by Gasteiger charge is -2.26. The Morgan fingerprint density at radius 3 is 2.31 bits per heavy atom. The number of aliphatic hydroxyl groups is 1. The van der Waals surface area contributed by atoms with E-state index < -0.39 is 28.0 Å².